The Morgan fingerprint density at radius 3 is 2.30 bits per heavy atom. The van der Waals surface area contributed by atoms with Crippen LogP contribution in [-0.2, 0) is 22.4 Å². The van der Waals surface area contributed by atoms with Gasteiger partial charge in [-0.25, -0.2) is 0 Å². The molecule has 2 aromatic rings. The van der Waals surface area contributed by atoms with E-state index >= 15 is 0 Å². The van der Waals surface area contributed by atoms with Crippen molar-refractivity contribution in [1.29, 1.82) is 0 Å². The first-order valence-electron chi connectivity index (χ1n) is 7.74. The number of ether oxygens (including phenoxy) is 1. The number of allylic oxidation sites excluding steroid dienone is 1. The average molecular weight is 312 g/mol. The third-order valence-corrected chi connectivity index (χ3v) is 3.08. The average Bonchev–Trinajstić information content (AvgIpc) is 2.57. The molecule has 0 unspecified atom stereocenters. The molecule has 3 heteroatoms. The van der Waals surface area contributed by atoms with Gasteiger partial charge in [-0.15, -0.1) is 6.58 Å². The number of phenolic OH excluding ortho intramolecular Hbond substituents is 1. The van der Waals surface area contributed by atoms with Gasteiger partial charge in [0.25, 0.3) is 0 Å². The SMILES string of the molecule is C=CCc1ccccc1.CCOC(=O)CCc1ccc(O)cc1. The van der Waals surface area contributed by atoms with Crippen molar-refractivity contribution in [3.05, 3.63) is 78.4 Å². The van der Waals surface area contributed by atoms with E-state index in [2.05, 4.69) is 18.7 Å². The largest absolute Gasteiger partial charge is 0.508 e. The summed E-state index contributed by atoms with van der Waals surface area (Å²) in [5, 5.41) is 9.03. The predicted molar refractivity (Wildman–Crippen MR) is 93.4 cm³/mol. The van der Waals surface area contributed by atoms with Crippen LogP contribution < -0.4 is 0 Å². The molecule has 0 spiro atoms. The number of aromatic hydroxyl groups is 1. The number of carbonyl (C=O) groups excluding carboxylic acids is 1. The minimum Gasteiger partial charge on any atom is -0.508 e. The van der Waals surface area contributed by atoms with Gasteiger partial charge in [-0.3, -0.25) is 4.79 Å². The van der Waals surface area contributed by atoms with Crippen molar-refractivity contribution in [2.45, 2.75) is 26.2 Å². The molecule has 2 aromatic carbocycles. The molecule has 0 radical (unpaired) electrons. The topological polar surface area (TPSA) is 46.5 Å². The standard InChI is InChI=1S/C11H14O3.C9H10/c1-2-14-11(13)8-5-9-3-6-10(12)7-4-9;1-2-6-9-7-4-3-5-8-9/h3-4,6-7,12H,2,5,8H2,1H3;2-5,7-8H,1,6H2. The van der Waals surface area contributed by atoms with Crippen molar-refractivity contribution in [1.82, 2.24) is 0 Å². The van der Waals surface area contributed by atoms with Gasteiger partial charge < -0.3 is 9.84 Å². The highest BCUT2D eigenvalue weighted by molar-refractivity contribution is 5.69. The Kier molecular flexibility index (Phi) is 8.91. The molecule has 0 fully saturated rings. The summed E-state index contributed by atoms with van der Waals surface area (Å²) in [7, 11) is 0. The van der Waals surface area contributed by atoms with E-state index in [1.807, 2.05) is 24.3 Å². The van der Waals surface area contributed by atoms with E-state index < -0.39 is 0 Å². The first kappa shape index (κ1) is 18.5. The zero-order valence-corrected chi connectivity index (χ0v) is 13.6. The lowest BCUT2D eigenvalue weighted by Gasteiger charge is -2.02. The maximum atomic E-state index is 11.0. The van der Waals surface area contributed by atoms with Crippen LogP contribution in [0.4, 0.5) is 0 Å². The van der Waals surface area contributed by atoms with E-state index in [-0.39, 0.29) is 11.7 Å². The minimum atomic E-state index is -0.180. The smallest absolute Gasteiger partial charge is 0.306 e. The molecule has 0 saturated carbocycles. The Bertz CT molecular complexity index is 574. The van der Waals surface area contributed by atoms with Crippen LogP contribution in [-0.4, -0.2) is 17.7 Å². The van der Waals surface area contributed by atoms with Crippen molar-refractivity contribution in [3.8, 4) is 5.75 Å². The maximum Gasteiger partial charge on any atom is 0.306 e. The minimum absolute atomic E-state index is 0.180. The summed E-state index contributed by atoms with van der Waals surface area (Å²) in [4.78, 5) is 11.0. The number of hydrogen-bond donors (Lipinski definition) is 1. The summed E-state index contributed by atoms with van der Waals surface area (Å²) in [5.74, 6) is 0.0606. The van der Waals surface area contributed by atoms with Gasteiger partial charge in [-0.2, -0.15) is 0 Å². The summed E-state index contributed by atoms with van der Waals surface area (Å²) >= 11 is 0. The maximum absolute atomic E-state index is 11.0. The fourth-order valence-electron chi connectivity index (χ4n) is 1.92. The summed E-state index contributed by atoms with van der Waals surface area (Å²) in [5.41, 5.74) is 2.35. The molecule has 3 nitrogen and oxygen atoms in total. The highest BCUT2D eigenvalue weighted by Gasteiger charge is 2.02. The number of benzene rings is 2. The first-order valence-corrected chi connectivity index (χ1v) is 7.74. The Hall–Kier alpha value is -2.55. The van der Waals surface area contributed by atoms with Crippen molar-refractivity contribution >= 4 is 5.97 Å². The predicted octanol–water partition coefficient (Wildman–Crippen LogP) is 4.30. The second-order valence-corrected chi connectivity index (χ2v) is 4.95. The Morgan fingerprint density at radius 1 is 1.09 bits per heavy atom. The summed E-state index contributed by atoms with van der Waals surface area (Å²) in [6.07, 6.45) is 3.92. The summed E-state index contributed by atoms with van der Waals surface area (Å²) in [6.45, 7) is 5.87. The van der Waals surface area contributed by atoms with Gasteiger partial charge in [-0.1, -0.05) is 48.5 Å². The van der Waals surface area contributed by atoms with Crippen LogP contribution in [0.3, 0.4) is 0 Å². The zero-order chi connectivity index (χ0) is 16.9. The van der Waals surface area contributed by atoms with E-state index in [1.54, 1.807) is 31.2 Å². The molecule has 0 bridgehead atoms. The third-order valence-electron chi connectivity index (χ3n) is 3.08. The van der Waals surface area contributed by atoms with E-state index in [1.165, 1.54) is 5.56 Å². The molecule has 2 rings (SSSR count). The number of rotatable bonds is 6. The molecule has 0 saturated heterocycles. The fraction of sp³-hybridized carbons (Fsp3) is 0.250. The van der Waals surface area contributed by atoms with Gasteiger partial charge in [-0.05, 0) is 43.0 Å². The number of aryl methyl sites for hydroxylation is 1. The molecule has 23 heavy (non-hydrogen) atoms. The van der Waals surface area contributed by atoms with Gasteiger partial charge in [0.2, 0.25) is 0 Å². The Morgan fingerprint density at radius 2 is 1.74 bits per heavy atom. The molecule has 0 heterocycles. The number of carbonyl (C=O) groups is 1. The molecular weight excluding hydrogens is 288 g/mol. The van der Waals surface area contributed by atoms with Crippen LogP contribution in [0.15, 0.2) is 67.3 Å². The van der Waals surface area contributed by atoms with E-state index in [0.29, 0.717) is 19.4 Å². The molecule has 0 amide bonds. The van der Waals surface area contributed by atoms with Crippen LogP contribution in [0.25, 0.3) is 0 Å². The molecule has 122 valence electrons. The highest BCUT2D eigenvalue weighted by atomic mass is 16.5. The molecule has 0 atom stereocenters. The summed E-state index contributed by atoms with van der Waals surface area (Å²) in [6, 6.07) is 17.1. The van der Waals surface area contributed by atoms with Crippen molar-refractivity contribution in [3.63, 3.8) is 0 Å². The molecule has 0 aliphatic heterocycles. The van der Waals surface area contributed by atoms with Gasteiger partial charge in [0.1, 0.15) is 5.75 Å². The second kappa shape index (κ2) is 11.1. The lowest BCUT2D eigenvalue weighted by Crippen LogP contribution is -2.04. The quantitative estimate of drug-likeness (QED) is 0.639. The molecule has 1 N–H and O–H groups in total. The van der Waals surface area contributed by atoms with Crippen LogP contribution in [0, 0.1) is 0 Å². The normalized spacial score (nSPS) is 9.43. The lowest BCUT2D eigenvalue weighted by atomic mass is 10.1. The van der Waals surface area contributed by atoms with Crippen LogP contribution in [0.5, 0.6) is 5.75 Å². The van der Waals surface area contributed by atoms with Crippen molar-refractivity contribution < 1.29 is 14.6 Å². The molecule has 0 aliphatic rings. The van der Waals surface area contributed by atoms with E-state index in [9.17, 15) is 4.79 Å². The van der Waals surface area contributed by atoms with E-state index in [4.69, 9.17) is 9.84 Å². The van der Waals surface area contributed by atoms with Gasteiger partial charge in [0, 0.05) is 6.42 Å². The highest BCUT2D eigenvalue weighted by Crippen LogP contribution is 2.11. The van der Waals surface area contributed by atoms with Gasteiger partial charge in [0.15, 0.2) is 0 Å². The second-order valence-electron chi connectivity index (χ2n) is 4.95. The molecule has 0 aliphatic carbocycles. The van der Waals surface area contributed by atoms with E-state index in [0.717, 1.165) is 12.0 Å². The summed E-state index contributed by atoms with van der Waals surface area (Å²) < 4.78 is 4.80. The zero-order valence-electron chi connectivity index (χ0n) is 13.6. The Balaban J connectivity index is 0.000000253. The number of esters is 1. The van der Waals surface area contributed by atoms with Crippen molar-refractivity contribution in [2.24, 2.45) is 0 Å². The van der Waals surface area contributed by atoms with Gasteiger partial charge >= 0.3 is 5.97 Å². The number of phenols is 1. The number of hydrogen-bond acceptors (Lipinski definition) is 3. The monoisotopic (exact) mass is 312 g/mol. The fourth-order valence-corrected chi connectivity index (χ4v) is 1.92. The van der Waals surface area contributed by atoms with Gasteiger partial charge in [0.05, 0.1) is 6.61 Å². The van der Waals surface area contributed by atoms with Crippen LogP contribution in [0.1, 0.15) is 24.5 Å². The third kappa shape index (κ3) is 8.47. The first-order chi connectivity index (χ1) is 11.2. The van der Waals surface area contributed by atoms with Crippen molar-refractivity contribution in [2.75, 3.05) is 6.61 Å². The van der Waals surface area contributed by atoms with Crippen LogP contribution in [0.2, 0.25) is 0 Å². The lowest BCUT2D eigenvalue weighted by molar-refractivity contribution is -0.143. The molecular formula is C20H24O3. The molecule has 0 aromatic heterocycles. The van der Waals surface area contributed by atoms with Crippen LogP contribution >= 0.6 is 0 Å². The Labute approximate surface area is 138 Å².